The molecule has 5 nitrogen and oxygen atoms in total. The molecule has 0 radical (unpaired) electrons. The molecular weight excluding hydrogens is 312 g/mol. The van der Waals surface area contributed by atoms with Crippen LogP contribution in [0.25, 0.3) is 0 Å². The first-order valence-electron chi connectivity index (χ1n) is 7.37. The van der Waals surface area contributed by atoms with Gasteiger partial charge in [0.05, 0.1) is 6.54 Å². The van der Waals surface area contributed by atoms with Gasteiger partial charge in [-0.25, -0.2) is 0 Å². The number of hydroxylamine groups is 1. The number of benzene rings is 1. The largest absolute Gasteiger partial charge is 0.491 e. The van der Waals surface area contributed by atoms with E-state index in [9.17, 15) is 4.79 Å². The number of hydrogen-bond donors (Lipinski definition) is 2. The molecule has 0 aliphatic carbocycles. The van der Waals surface area contributed by atoms with Gasteiger partial charge in [0.1, 0.15) is 24.0 Å². The molecule has 0 spiro atoms. The van der Waals surface area contributed by atoms with Gasteiger partial charge in [-0.05, 0) is 29.3 Å². The lowest BCUT2D eigenvalue weighted by Crippen LogP contribution is -2.34. The van der Waals surface area contributed by atoms with Crippen LogP contribution in [0.2, 0.25) is 0 Å². The summed E-state index contributed by atoms with van der Waals surface area (Å²) < 4.78 is 5.57. The lowest BCUT2D eigenvalue weighted by molar-refractivity contribution is -0.114. The van der Waals surface area contributed by atoms with E-state index in [2.05, 4.69) is 50.3 Å². The molecule has 1 aromatic rings. The van der Waals surface area contributed by atoms with E-state index in [-0.39, 0.29) is 24.2 Å². The van der Waals surface area contributed by atoms with E-state index in [1.807, 2.05) is 12.1 Å². The Morgan fingerprint density at radius 3 is 2.52 bits per heavy atom. The van der Waals surface area contributed by atoms with E-state index in [4.69, 9.17) is 21.8 Å². The molecule has 2 N–H and O–H groups in total. The first kappa shape index (κ1) is 19.3. The van der Waals surface area contributed by atoms with E-state index >= 15 is 0 Å². The molecule has 1 rings (SSSR count). The maximum atomic E-state index is 11.5. The fourth-order valence-corrected chi connectivity index (χ4v) is 1.85. The van der Waals surface area contributed by atoms with Crippen molar-refractivity contribution in [2.24, 2.45) is 0 Å². The van der Waals surface area contributed by atoms with Crippen LogP contribution in [-0.2, 0) is 15.0 Å². The van der Waals surface area contributed by atoms with E-state index in [1.165, 1.54) is 11.8 Å². The molecule has 0 aliphatic rings. The standard InChI is InChI=1S/C17H24N2O3S.H2/c1-5-18-16(23)15(20)12-19-22-11-10-21-14-8-6-13(7-9-14)17(2,3)4;/h5-9,19H,1,10-12H2,2-4H3,(H,18,23);1H. The Hall–Kier alpha value is -1.76. The van der Waals surface area contributed by atoms with Crippen molar-refractivity contribution in [3.05, 3.63) is 42.6 Å². The summed E-state index contributed by atoms with van der Waals surface area (Å²) in [6.07, 6.45) is 1.36. The molecule has 1 aromatic carbocycles. The molecule has 0 aromatic heterocycles. The van der Waals surface area contributed by atoms with E-state index in [1.54, 1.807) is 0 Å². The molecule has 128 valence electrons. The predicted octanol–water partition coefficient (Wildman–Crippen LogP) is 2.76. The number of carbonyl (C=O) groups is 1. The van der Waals surface area contributed by atoms with E-state index in [0.717, 1.165) is 5.75 Å². The molecule has 0 amide bonds. The van der Waals surface area contributed by atoms with E-state index in [0.29, 0.717) is 13.2 Å². The van der Waals surface area contributed by atoms with Crippen LogP contribution >= 0.6 is 12.2 Å². The molecule has 23 heavy (non-hydrogen) atoms. The van der Waals surface area contributed by atoms with Gasteiger partial charge >= 0.3 is 0 Å². The Labute approximate surface area is 144 Å². The second-order valence-corrected chi connectivity index (χ2v) is 6.30. The highest BCUT2D eigenvalue weighted by Crippen LogP contribution is 2.24. The average molecular weight is 338 g/mol. The van der Waals surface area contributed by atoms with Crippen LogP contribution in [0.4, 0.5) is 0 Å². The fraction of sp³-hybridized carbons (Fsp3) is 0.412. The summed E-state index contributed by atoms with van der Waals surface area (Å²) in [5.41, 5.74) is 3.93. The lowest BCUT2D eigenvalue weighted by Gasteiger charge is -2.19. The zero-order chi connectivity index (χ0) is 17.3. The number of carbonyl (C=O) groups excluding carboxylic acids is 1. The van der Waals surface area contributed by atoms with Crippen LogP contribution in [-0.4, -0.2) is 30.5 Å². The molecule has 0 heterocycles. The van der Waals surface area contributed by atoms with Crippen LogP contribution in [0.1, 0.15) is 27.8 Å². The van der Waals surface area contributed by atoms with Gasteiger partial charge in [-0.3, -0.25) is 9.63 Å². The molecule has 0 saturated carbocycles. The Bertz CT molecular complexity index is 542. The molecule has 0 atom stereocenters. The number of Topliss-reactive ketones (excluding diaryl/α,β-unsaturated/α-hetero) is 1. The molecule has 0 fully saturated rings. The zero-order valence-electron chi connectivity index (χ0n) is 13.8. The number of thiocarbonyl (C=S) groups is 1. The molecule has 0 aliphatic heterocycles. The third-order valence-electron chi connectivity index (χ3n) is 3.00. The van der Waals surface area contributed by atoms with Crippen molar-refractivity contribution in [2.45, 2.75) is 26.2 Å². The van der Waals surface area contributed by atoms with Gasteiger partial charge in [0.15, 0.2) is 0 Å². The summed E-state index contributed by atoms with van der Waals surface area (Å²) in [6.45, 7) is 10.6. The van der Waals surface area contributed by atoms with Crippen molar-refractivity contribution in [1.82, 2.24) is 10.8 Å². The van der Waals surface area contributed by atoms with Gasteiger partial charge in [0.25, 0.3) is 0 Å². The first-order valence-corrected chi connectivity index (χ1v) is 7.78. The number of ketones is 1. The molecule has 6 heteroatoms. The van der Waals surface area contributed by atoms with Gasteiger partial charge in [0.2, 0.25) is 5.78 Å². The lowest BCUT2D eigenvalue weighted by atomic mass is 9.87. The third kappa shape index (κ3) is 7.36. The fourth-order valence-electron chi connectivity index (χ4n) is 1.69. The van der Waals surface area contributed by atoms with Crippen molar-refractivity contribution < 1.29 is 15.8 Å². The monoisotopic (exact) mass is 338 g/mol. The van der Waals surface area contributed by atoms with Crippen molar-refractivity contribution in [1.29, 1.82) is 0 Å². The summed E-state index contributed by atoms with van der Waals surface area (Å²) in [5.74, 6) is 0.521. The van der Waals surface area contributed by atoms with Crippen molar-refractivity contribution in [2.75, 3.05) is 19.8 Å². The molecule has 0 saturated heterocycles. The maximum absolute atomic E-state index is 11.5. The van der Waals surface area contributed by atoms with Gasteiger partial charge in [-0.1, -0.05) is 51.7 Å². The second kappa shape index (κ2) is 9.39. The molecular formula is C17H26N2O3S. The predicted molar refractivity (Wildman–Crippen MR) is 97.6 cm³/mol. The number of nitrogens with one attached hydrogen (secondary N) is 2. The Morgan fingerprint density at radius 1 is 1.30 bits per heavy atom. The number of rotatable bonds is 9. The van der Waals surface area contributed by atoms with Gasteiger partial charge < -0.3 is 10.1 Å². The Kier molecular flexibility index (Phi) is 7.88. The Balaban J connectivity index is 0.00000529. The maximum Gasteiger partial charge on any atom is 0.206 e. The van der Waals surface area contributed by atoms with Crippen LogP contribution in [0.5, 0.6) is 5.75 Å². The van der Waals surface area contributed by atoms with Crippen LogP contribution in [0, 0.1) is 0 Å². The summed E-state index contributed by atoms with van der Waals surface area (Å²) in [4.78, 5) is 16.7. The molecule has 0 bridgehead atoms. The van der Waals surface area contributed by atoms with Gasteiger partial charge in [-0.15, -0.1) is 0 Å². The van der Waals surface area contributed by atoms with Crippen LogP contribution in [0.15, 0.2) is 37.0 Å². The number of ether oxygens (including phenoxy) is 1. The first-order chi connectivity index (χ1) is 10.8. The van der Waals surface area contributed by atoms with Crippen molar-refractivity contribution >= 4 is 23.0 Å². The summed E-state index contributed by atoms with van der Waals surface area (Å²) in [5, 5.41) is 2.56. The average Bonchev–Trinajstić information content (AvgIpc) is 2.50. The summed E-state index contributed by atoms with van der Waals surface area (Å²) >= 11 is 4.82. The zero-order valence-corrected chi connectivity index (χ0v) is 14.7. The quantitative estimate of drug-likeness (QED) is 0.410. The minimum absolute atomic E-state index is 0. The van der Waals surface area contributed by atoms with E-state index < -0.39 is 0 Å². The van der Waals surface area contributed by atoms with Gasteiger partial charge in [-0.2, -0.15) is 5.48 Å². The van der Waals surface area contributed by atoms with Crippen molar-refractivity contribution in [3.63, 3.8) is 0 Å². The second-order valence-electron chi connectivity index (χ2n) is 5.89. The topological polar surface area (TPSA) is 59.6 Å². The van der Waals surface area contributed by atoms with Crippen LogP contribution < -0.4 is 15.5 Å². The normalized spacial score (nSPS) is 10.9. The summed E-state index contributed by atoms with van der Waals surface area (Å²) in [6, 6.07) is 8.00. The highest BCUT2D eigenvalue weighted by molar-refractivity contribution is 7.82. The Morgan fingerprint density at radius 2 is 1.96 bits per heavy atom. The summed E-state index contributed by atoms with van der Waals surface area (Å²) in [7, 11) is 0. The third-order valence-corrected chi connectivity index (χ3v) is 3.34. The highest BCUT2D eigenvalue weighted by Gasteiger charge is 2.12. The minimum Gasteiger partial charge on any atom is -0.491 e. The van der Waals surface area contributed by atoms with Crippen LogP contribution in [0.3, 0.4) is 0 Å². The minimum atomic E-state index is -0.265. The molecule has 0 unspecified atom stereocenters. The van der Waals surface area contributed by atoms with Crippen molar-refractivity contribution in [3.8, 4) is 5.75 Å². The smallest absolute Gasteiger partial charge is 0.206 e. The SMILES string of the molecule is C=CNC(=S)C(=O)CNOCCOc1ccc(C(C)(C)C)cc1.[HH]. The highest BCUT2D eigenvalue weighted by atomic mass is 32.1. The van der Waals surface area contributed by atoms with Gasteiger partial charge in [0, 0.05) is 1.43 Å². The number of hydrogen-bond acceptors (Lipinski definition) is 5.